The van der Waals surface area contributed by atoms with Crippen LogP contribution in [0.2, 0.25) is 0 Å². The van der Waals surface area contributed by atoms with Gasteiger partial charge in [-0.25, -0.2) is 0 Å². The van der Waals surface area contributed by atoms with Crippen molar-refractivity contribution in [3.8, 4) is 0 Å². The Labute approximate surface area is 195 Å². The number of hydrogen-bond donors (Lipinski definition) is 2. The molecule has 0 fully saturated rings. The van der Waals surface area contributed by atoms with Crippen LogP contribution >= 0.6 is 0 Å². The third-order valence-electron chi connectivity index (χ3n) is 8.42. The summed E-state index contributed by atoms with van der Waals surface area (Å²) < 4.78 is 4.84. The highest BCUT2D eigenvalue weighted by Crippen LogP contribution is 2.49. The van der Waals surface area contributed by atoms with Gasteiger partial charge < -0.3 is 14.5 Å². The number of imide groups is 1. The molecule has 0 unspecified atom stereocenters. The summed E-state index contributed by atoms with van der Waals surface area (Å²) in [6.07, 6.45) is 1.03. The molecule has 5 heterocycles. The first-order valence-electron chi connectivity index (χ1n) is 12.1. The first-order valence-corrected chi connectivity index (χ1v) is 12.1. The lowest BCUT2D eigenvalue weighted by molar-refractivity contribution is 0.0880. The van der Waals surface area contributed by atoms with Crippen molar-refractivity contribution in [2.45, 2.75) is 45.3 Å². The van der Waals surface area contributed by atoms with Gasteiger partial charge in [-0.15, -0.1) is 0 Å². The summed E-state index contributed by atoms with van der Waals surface area (Å²) in [5, 5.41) is 10.2. The summed E-state index contributed by atoms with van der Waals surface area (Å²) in [6.45, 7) is 7.97. The van der Waals surface area contributed by atoms with E-state index in [4.69, 9.17) is 0 Å². The van der Waals surface area contributed by atoms with Gasteiger partial charge in [-0.3, -0.25) is 14.9 Å². The molecule has 0 spiro atoms. The van der Waals surface area contributed by atoms with Crippen molar-refractivity contribution >= 4 is 55.4 Å². The van der Waals surface area contributed by atoms with Crippen molar-refractivity contribution < 1.29 is 9.59 Å². The number of carbonyl (C=O) groups is 2. The zero-order valence-electron chi connectivity index (χ0n) is 19.2. The minimum Gasteiger partial charge on any atom is -0.338 e. The highest BCUT2D eigenvalue weighted by molar-refractivity contribution is 6.39. The lowest BCUT2D eigenvalue weighted by Gasteiger charge is -2.32. The Balaban J connectivity index is 1.75. The maximum absolute atomic E-state index is 13.3. The molecule has 3 aromatic carbocycles. The van der Waals surface area contributed by atoms with Crippen LogP contribution in [0.15, 0.2) is 36.4 Å². The average Bonchev–Trinajstić information content (AvgIpc) is 3.35. The van der Waals surface area contributed by atoms with Crippen LogP contribution < -0.4 is 10.6 Å². The van der Waals surface area contributed by atoms with Crippen LogP contribution in [0.25, 0.3) is 43.6 Å². The van der Waals surface area contributed by atoms with Crippen LogP contribution in [0.1, 0.15) is 52.1 Å². The van der Waals surface area contributed by atoms with Gasteiger partial charge >= 0.3 is 0 Å². The van der Waals surface area contributed by atoms with Crippen LogP contribution in [0.5, 0.6) is 0 Å². The topological polar surface area (TPSA) is 68.1 Å². The molecule has 2 amide bonds. The molecule has 34 heavy (non-hydrogen) atoms. The third-order valence-corrected chi connectivity index (χ3v) is 8.42. The first-order chi connectivity index (χ1) is 16.5. The minimum atomic E-state index is -0.279. The second-order valence-electron chi connectivity index (χ2n) is 10.6. The highest BCUT2D eigenvalue weighted by atomic mass is 16.2. The summed E-state index contributed by atoms with van der Waals surface area (Å²) in [6, 6.07) is 12.8. The van der Waals surface area contributed by atoms with Gasteiger partial charge in [0.2, 0.25) is 0 Å². The standard InChI is InChI=1S/C28H24N4O2/c1-28(2)9-11-31-23-16(7-4-8-17(23)28)19-21-20(26(33)30-27(21)34)18-15-6-3-5-14-13-29-10-12-32(22(14)15)25(18)24(19)31/h3-8,29H,9-13H2,1-2H3,(H,30,33,34). The molecule has 6 heteroatoms. The Kier molecular flexibility index (Phi) is 3.24. The maximum Gasteiger partial charge on any atom is 0.259 e. The lowest BCUT2D eigenvalue weighted by Crippen LogP contribution is -2.25. The van der Waals surface area contributed by atoms with Crippen molar-refractivity contribution in [3.05, 3.63) is 58.7 Å². The van der Waals surface area contributed by atoms with Gasteiger partial charge in [0.05, 0.1) is 33.2 Å². The Bertz CT molecular complexity index is 1800. The van der Waals surface area contributed by atoms with Gasteiger partial charge in [0, 0.05) is 47.7 Å². The largest absolute Gasteiger partial charge is 0.338 e. The number of aromatic nitrogens is 2. The summed E-state index contributed by atoms with van der Waals surface area (Å²) >= 11 is 0. The van der Waals surface area contributed by atoms with Crippen LogP contribution in [-0.2, 0) is 25.0 Å². The number of benzene rings is 3. The minimum absolute atomic E-state index is 0.0525. The molecule has 0 saturated heterocycles. The molecule has 2 N–H and O–H groups in total. The fourth-order valence-corrected chi connectivity index (χ4v) is 6.90. The molecule has 0 saturated carbocycles. The van der Waals surface area contributed by atoms with E-state index in [0.29, 0.717) is 11.1 Å². The molecule has 0 bridgehead atoms. The Hall–Kier alpha value is -3.64. The average molecular weight is 449 g/mol. The van der Waals surface area contributed by atoms with Crippen molar-refractivity contribution in [1.29, 1.82) is 0 Å². The monoisotopic (exact) mass is 448 g/mol. The van der Waals surface area contributed by atoms with Gasteiger partial charge in [0.1, 0.15) is 0 Å². The molecule has 2 aromatic heterocycles. The van der Waals surface area contributed by atoms with Crippen LogP contribution in [-0.4, -0.2) is 27.5 Å². The molecule has 0 aliphatic carbocycles. The highest BCUT2D eigenvalue weighted by Gasteiger charge is 2.39. The van der Waals surface area contributed by atoms with Gasteiger partial charge in [0.25, 0.3) is 11.8 Å². The summed E-state index contributed by atoms with van der Waals surface area (Å²) in [4.78, 5) is 26.6. The summed E-state index contributed by atoms with van der Waals surface area (Å²) in [7, 11) is 0. The Morgan fingerprint density at radius 1 is 0.794 bits per heavy atom. The molecule has 6 nitrogen and oxygen atoms in total. The first kappa shape index (κ1) is 18.7. The van der Waals surface area contributed by atoms with Gasteiger partial charge in [-0.2, -0.15) is 0 Å². The molecule has 168 valence electrons. The molecule has 0 radical (unpaired) electrons. The van der Waals surface area contributed by atoms with Gasteiger partial charge in [0.15, 0.2) is 0 Å². The zero-order valence-corrected chi connectivity index (χ0v) is 19.2. The number of amides is 2. The van der Waals surface area contributed by atoms with Gasteiger partial charge in [-0.1, -0.05) is 50.2 Å². The molecule has 8 rings (SSSR count). The number of hydrogen-bond acceptors (Lipinski definition) is 3. The molecule has 0 atom stereocenters. The predicted octanol–water partition coefficient (Wildman–Crippen LogP) is 4.57. The Morgan fingerprint density at radius 3 is 2.18 bits per heavy atom. The van der Waals surface area contributed by atoms with E-state index >= 15 is 0 Å². The third kappa shape index (κ3) is 1.99. The quantitative estimate of drug-likeness (QED) is 0.341. The number of carbonyl (C=O) groups excluding carboxylic acids is 2. The van der Waals surface area contributed by atoms with E-state index in [0.717, 1.165) is 65.2 Å². The van der Waals surface area contributed by atoms with Crippen molar-refractivity contribution in [2.75, 3.05) is 6.54 Å². The van der Waals surface area contributed by atoms with E-state index in [1.165, 1.54) is 22.2 Å². The Morgan fingerprint density at radius 2 is 1.44 bits per heavy atom. The number of fused-ring (bicyclic) bond motifs is 10. The van der Waals surface area contributed by atoms with Gasteiger partial charge in [-0.05, 0) is 23.0 Å². The SMILES string of the molecule is CC1(C)CCn2c3c1cccc3c1c3c(c4c5cccc6c5n(c4c12)CCNC6)C(=O)NC3=O. The van der Waals surface area contributed by atoms with E-state index in [1.807, 2.05) is 0 Å². The van der Waals surface area contributed by atoms with Crippen molar-refractivity contribution in [2.24, 2.45) is 0 Å². The molecular weight excluding hydrogens is 424 g/mol. The van der Waals surface area contributed by atoms with E-state index in [1.54, 1.807) is 0 Å². The molecule has 3 aliphatic rings. The number of aryl methyl sites for hydroxylation is 1. The maximum atomic E-state index is 13.3. The van der Waals surface area contributed by atoms with Crippen LogP contribution in [0.4, 0.5) is 0 Å². The normalized spacial score (nSPS) is 18.8. The van der Waals surface area contributed by atoms with E-state index in [2.05, 4.69) is 70.0 Å². The summed E-state index contributed by atoms with van der Waals surface area (Å²) in [5.74, 6) is -0.556. The zero-order chi connectivity index (χ0) is 22.9. The van der Waals surface area contributed by atoms with Crippen LogP contribution in [0, 0.1) is 0 Å². The second-order valence-corrected chi connectivity index (χ2v) is 10.6. The number of para-hydroxylation sites is 2. The number of nitrogens with zero attached hydrogens (tertiary/aromatic N) is 2. The summed E-state index contributed by atoms with van der Waals surface area (Å²) in [5.41, 5.74) is 8.27. The smallest absolute Gasteiger partial charge is 0.259 e. The molecule has 3 aliphatic heterocycles. The predicted molar refractivity (Wildman–Crippen MR) is 134 cm³/mol. The number of rotatable bonds is 0. The van der Waals surface area contributed by atoms with E-state index < -0.39 is 0 Å². The molecular formula is C28H24N4O2. The van der Waals surface area contributed by atoms with Crippen molar-refractivity contribution in [3.63, 3.8) is 0 Å². The fraction of sp³-hybridized carbons (Fsp3) is 0.286. The number of nitrogens with one attached hydrogen (secondary N) is 2. The van der Waals surface area contributed by atoms with E-state index in [-0.39, 0.29) is 17.2 Å². The second kappa shape index (κ2) is 5.88. The van der Waals surface area contributed by atoms with Crippen molar-refractivity contribution in [1.82, 2.24) is 19.8 Å². The lowest BCUT2D eigenvalue weighted by atomic mass is 9.79. The van der Waals surface area contributed by atoms with Crippen LogP contribution in [0.3, 0.4) is 0 Å². The van der Waals surface area contributed by atoms with E-state index in [9.17, 15) is 9.59 Å². The molecule has 5 aromatic rings. The fourth-order valence-electron chi connectivity index (χ4n) is 6.90.